The van der Waals surface area contributed by atoms with E-state index in [2.05, 4.69) is 10.6 Å². The zero-order valence-electron chi connectivity index (χ0n) is 17.6. The van der Waals surface area contributed by atoms with Gasteiger partial charge in [0.05, 0.1) is 32.9 Å². The molecule has 0 bridgehead atoms. The lowest BCUT2D eigenvalue weighted by Crippen LogP contribution is -2.14. The molecule has 1 amide bonds. The molecule has 0 aromatic heterocycles. The molecule has 7 nitrogen and oxygen atoms in total. The van der Waals surface area contributed by atoms with Crippen LogP contribution < -0.4 is 20.1 Å². The SMILES string of the molecule is CCOC(=O)Cc1ccc(NC(C)C=C2C(=O)Nc3cc(OC)c(OC)cc32)cc1. The molecule has 1 aliphatic rings. The van der Waals surface area contributed by atoms with E-state index in [0.717, 1.165) is 16.8 Å². The van der Waals surface area contributed by atoms with Gasteiger partial charge < -0.3 is 24.8 Å². The molecule has 0 aliphatic carbocycles. The van der Waals surface area contributed by atoms with Crippen LogP contribution >= 0.6 is 0 Å². The summed E-state index contributed by atoms with van der Waals surface area (Å²) in [7, 11) is 3.12. The third kappa shape index (κ3) is 4.74. The van der Waals surface area contributed by atoms with Crippen LogP contribution in [0.1, 0.15) is 25.0 Å². The summed E-state index contributed by atoms with van der Waals surface area (Å²) in [6.07, 6.45) is 2.12. The fourth-order valence-electron chi connectivity index (χ4n) is 3.33. The second-order valence-corrected chi connectivity index (χ2v) is 6.90. The number of methoxy groups -OCH3 is 2. The standard InChI is InChI=1S/C23H26N2O5/c1-5-30-22(26)11-15-6-8-16(9-7-15)24-14(2)10-18-17-12-20(28-3)21(29-4)13-19(17)25-23(18)27/h6-10,12-14,24H,5,11H2,1-4H3,(H,25,27). The Balaban J connectivity index is 1.73. The van der Waals surface area contributed by atoms with Crippen molar-refractivity contribution in [2.24, 2.45) is 0 Å². The van der Waals surface area contributed by atoms with E-state index in [1.165, 1.54) is 0 Å². The number of carbonyl (C=O) groups excluding carboxylic acids is 2. The maximum atomic E-state index is 12.5. The molecule has 1 heterocycles. The summed E-state index contributed by atoms with van der Waals surface area (Å²) in [5.41, 5.74) is 3.81. The van der Waals surface area contributed by atoms with Crippen LogP contribution in [0.3, 0.4) is 0 Å². The predicted octanol–water partition coefficient (Wildman–Crippen LogP) is 3.65. The lowest BCUT2D eigenvalue weighted by Gasteiger charge is -2.13. The number of benzene rings is 2. The van der Waals surface area contributed by atoms with Crippen LogP contribution in [0.15, 0.2) is 42.5 Å². The maximum absolute atomic E-state index is 12.5. The Kier molecular flexibility index (Phi) is 6.61. The van der Waals surface area contributed by atoms with E-state index in [1.807, 2.05) is 37.3 Å². The minimum Gasteiger partial charge on any atom is -0.493 e. The number of hydrogen-bond acceptors (Lipinski definition) is 6. The molecule has 0 radical (unpaired) electrons. The van der Waals surface area contributed by atoms with Crippen molar-refractivity contribution in [2.45, 2.75) is 26.3 Å². The average molecular weight is 410 g/mol. The number of carbonyl (C=O) groups is 2. The molecular weight excluding hydrogens is 384 g/mol. The topological polar surface area (TPSA) is 85.9 Å². The number of amides is 1. The normalized spacial score (nSPS) is 14.7. The van der Waals surface area contributed by atoms with Crippen LogP contribution in [-0.2, 0) is 20.7 Å². The summed E-state index contributed by atoms with van der Waals surface area (Å²) < 4.78 is 15.6. The smallest absolute Gasteiger partial charge is 0.310 e. The summed E-state index contributed by atoms with van der Waals surface area (Å²) in [4.78, 5) is 24.1. The molecule has 0 fully saturated rings. The summed E-state index contributed by atoms with van der Waals surface area (Å²) >= 11 is 0. The quantitative estimate of drug-likeness (QED) is 0.510. The van der Waals surface area contributed by atoms with Crippen molar-refractivity contribution >= 4 is 28.8 Å². The second-order valence-electron chi connectivity index (χ2n) is 6.90. The fraction of sp³-hybridized carbons (Fsp3) is 0.304. The van der Waals surface area contributed by atoms with Gasteiger partial charge in [-0.05, 0) is 43.7 Å². The molecule has 2 aromatic rings. The van der Waals surface area contributed by atoms with Gasteiger partial charge in [-0.3, -0.25) is 9.59 Å². The van der Waals surface area contributed by atoms with E-state index in [9.17, 15) is 9.59 Å². The second kappa shape index (κ2) is 9.35. The average Bonchev–Trinajstić information content (AvgIpc) is 3.02. The van der Waals surface area contributed by atoms with E-state index in [1.54, 1.807) is 33.3 Å². The van der Waals surface area contributed by atoms with Crippen molar-refractivity contribution in [3.05, 3.63) is 53.6 Å². The maximum Gasteiger partial charge on any atom is 0.310 e. The van der Waals surface area contributed by atoms with Crippen LogP contribution in [0.25, 0.3) is 5.57 Å². The van der Waals surface area contributed by atoms with Gasteiger partial charge in [0.15, 0.2) is 11.5 Å². The molecule has 0 saturated heterocycles. The highest BCUT2D eigenvalue weighted by atomic mass is 16.5. The number of hydrogen-bond donors (Lipinski definition) is 2. The summed E-state index contributed by atoms with van der Waals surface area (Å²) in [5.74, 6) is 0.719. The van der Waals surface area contributed by atoms with Crippen LogP contribution in [-0.4, -0.2) is 38.7 Å². The fourth-order valence-corrected chi connectivity index (χ4v) is 3.33. The first-order chi connectivity index (χ1) is 14.4. The van der Waals surface area contributed by atoms with Crippen molar-refractivity contribution in [1.29, 1.82) is 0 Å². The van der Waals surface area contributed by atoms with Gasteiger partial charge in [0, 0.05) is 28.9 Å². The van der Waals surface area contributed by atoms with Gasteiger partial charge in [-0.2, -0.15) is 0 Å². The highest BCUT2D eigenvalue weighted by molar-refractivity contribution is 6.31. The van der Waals surface area contributed by atoms with Gasteiger partial charge >= 0.3 is 5.97 Å². The minimum atomic E-state index is -0.241. The highest BCUT2D eigenvalue weighted by Crippen LogP contribution is 2.40. The van der Waals surface area contributed by atoms with E-state index >= 15 is 0 Å². The van der Waals surface area contributed by atoms with E-state index in [4.69, 9.17) is 14.2 Å². The highest BCUT2D eigenvalue weighted by Gasteiger charge is 2.27. The molecule has 1 aliphatic heterocycles. The summed E-state index contributed by atoms with van der Waals surface area (Å²) in [5, 5.41) is 6.21. The first-order valence-corrected chi connectivity index (χ1v) is 9.75. The van der Waals surface area contributed by atoms with Gasteiger partial charge in [-0.1, -0.05) is 12.1 Å². The zero-order chi connectivity index (χ0) is 21.7. The van der Waals surface area contributed by atoms with E-state index in [-0.39, 0.29) is 24.3 Å². The lowest BCUT2D eigenvalue weighted by atomic mass is 10.0. The molecule has 30 heavy (non-hydrogen) atoms. The van der Waals surface area contributed by atoms with Crippen molar-refractivity contribution in [3.8, 4) is 11.5 Å². The molecule has 1 atom stereocenters. The number of nitrogens with one attached hydrogen (secondary N) is 2. The van der Waals surface area contributed by atoms with Crippen molar-refractivity contribution in [2.75, 3.05) is 31.5 Å². The van der Waals surface area contributed by atoms with Gasteiger partial charge in [0.2, 0.25) is 0 Å². The van der Waals surface area contributed by atoms with E-state index in [0.29, 0.717) is 29.4 Å². The lowest BCUT2D eigenvalue weighted by molar-refractivity contribution is -0.142. The largest absolute Gasteiger partial charge is 0.493 e. The van der Waals surface area contributed by atoms with Gasteiger partial charge in [-0.25, -0.2) is 0 Å². The first kappa shape index (κ1) is 21.2. The number of esters is 1. The molecule has 2 N–H and O–H groups in total. The van der Waals surface area contributed by atoms with Crippen LogP contribution in [0.4, 0.5) is 11.4 Å². The Morgan fingerprint density at radius 1 is 1.13 bits per heavy atom. The van der Waals surface area contributed by atoms with Gasteiger partial charge in [-0.15, -0.1) is 0 Å². The third-order valence-corrected chi connectivity index (χ3v) is 4.73. The molecule has 0 spiro atoms. The van der Waals surface area contributed by atoms with E-state index < -0.39 is 0 Å². The Morgan fingerprint density at radius 2 is 1.80 bits per heavy atom. The predicted molar refractivity (Wildman–Crippen MR) is 116 cm³/mol. The first-order valence-electron chi connectivity index (χ1n) is 9.75. The monoisotopic (exact) mass is 410 g/mol. The molecule has 0 saturated carbocycles. The Labute approximate surface area is 176 Å². The Morgan fingerprint density at radius 3 is 2.43 bits per heavy atom. The van der Waals surface area contributed by atoms with Crippen LogP contribution in [0, 0.1) is 0 Å². The Bertz CT molecular complexity index is 966. The molecule has 7 heteroatoms. The van der Waals surface area contributed by atoms with Gasteiger partial charge in [0.1, 0.15) is 0 Å². The van der Waals surface area contributed by atoms with Crippen LogP contribution in [0.2, 0.25) is 0 Å². The third-order valence-electron chi connectivity index (χ3n) is 4.73. The van der Waals surface area contributed by atoms with Gasteiger partial charge in [0.25, 0.3) is 5.91 Å². The van der Waals surface area contributed by atoms with Crippen LogP contribution in [0.5, 0.6) is 11.5 Å². The summed E-state index contributed by atoms with van der Waals surface area (Å²) in [6.45, 7) is 4.13. The summed E-state index contributed by atoms with van der Waals surface area (Å²) in [6, 6.07) is 11.0. The number of anilines is 2. The molecule has 1 unspecified atom stereocenters. The molecular formula is C23H26N2O5. The Hall–Kier alpha value is -3.48. The molecule has 158 valence electrons. The van der Waals surface area contributed by atoms with Crippen molar-refractivity contribution in [3.63, 3.8) is 0 Å². The molecule has 2 aromatic carbocycles. The van der Waals surface area contributed by atoms with Crippen molar-refractivity contribution < 1.29 is 23.8 Å². The zero-order valence-corrected chi connectivity index (χ0v) is 17.6. The molecule has 3 rings (SSSR count). The van der Waals surface area contributed by atoms with Crippen molar-refractivity contribution in [1.82, 2.24) is 0 Å². The minimum absolute atomic E-state index is 0.110. The number of fused-ring (bicyclic) bond motifs is 1. The number of ether oxygens (including phenoxy) is 3. The number of rotatable bonds is 8.